The molecule has 0 aromatic heterocycles. The van der Waals surface area contributed by atoms with Crippen molar-refractivity contribution < 1.29 is 14.6 Å². The monoisotopic (exact) mass is 349 g/mol. The molecule has 1 fully saturated rings. The molecule has 2 aliphatic heterocycles. The normalized spacial score (nSPS) is 21.4. The summed E-state index contributed by atoms with van der Waals surface area (Å²) < 4.78 is 6.01. The van der Waals surface area contributed by atoms with Crippen molar-refractivity contribution >= 4 is 11.5 Å². The molecular weight excluding hydrogens is 326 g/mol. The van der Waals surface area contributed by atoms with Crippen molar-refractivity contribution in [1.29, 1.82) is 0 Å². The number of carboxylic acids is 1. The summed E-state index contributed by atoms with van der Waals surface area (Å²) in [5.41, 5.74) is 4.65. The van der Waals surface area contributed by atoms with Crippen LogP contribution in [0.15, 0.2) is 54.6 Å². The number of para-hydroxylation sites is 1. The summed E-state index contributed by atoms with van der Waals surface area (Å²) in [6.45, 7) is 2.89. The molecule has 0 amide bonds. The van der Waals surface area contributed by atoms with Crippen LogP contribution in [0.25, 0.3) is 5.57 Å². The van der Waals surface area contributed by atoms with Crippen LogP contribution < -0.4 is 4.74 Å². The van der Waals surface area contributed by atoms with Crippen LogP contribution in [0.2, 0.25) is 0 Å². The summed E-state index contributed by atoms with van der Waals surface area (Å²) in [6.07, 6.45) is 3.95. The summed E-state index contributed by atoms with van der Waals surface area (Å²) >= 11 is 0. The molecule has 4 heteroatoms. The van der Waals surface area contributed by atoms with Gasteiger partial charge in [0, 0.05) is 18.7 Å². The molecular formula is C22H23NO3. The molecule has 0 aliphatic carbocycles. The van der Waals surface area contributed by atoms with E-state index in [0.717, 1.165) is 37.2 Å². The van der Waals surface area contributed by atoms with Gasteiger partial charge in [-0.15, -0.1) is 0 Å². The molecule has 1 N–H and O–H groups in total. The Morgan fingerprint density at radius 1 is 1.15 bits per heavy atom. The molecule has 0 saturated carbocycles. The molecule has 1 unspecified atom stereocenters. The SMILES string of the molecule is O=C(O)C1CCCN(C/C=C2\c3ccccc3COc3ccccc32)C1. The molecule has 1 saturated heterocycles. The van der Waals surface area contributed by atoms with Crippen molar-refractivity contribution in [2.75, 3.05) is 19.6 Å². The zero-order valence-corrected chi connectivity index (χ0v) is 14.7. The van der Waals surface area contributed by atoms with Gasteiger partial charge in [-0.2, -0.15) is 0 Å². The zero-order chi connectivity index (χ0) is 17.9. The molecule has 2 aromatic rings. The number of hydrogen-bond donors (Lipinski definition) is 1. The van der Waals surface area contributed by atoms with Gasteiger partial charge in [0.15, 0.2) is 0 Å². The number of rotatable bonds is 3. The second-order valence-corrected chi connectivity index (χ2v) is 7.00. The molecule has 4 rings (SSSR count). The third-order valence-electron chi connectivity index (χ3n) is 5.28. The Bertz CT molecular complexity index is 793. The first-order chi connectivity index (χ1) is 12.7. The Balaban J connectivity index is 1.66. The van der Waals surface area contributed by atoms with Gasteiger partial charge in [0.2, 0.25) is 0 Å². The molecule has 134 valence electrons. The number of carbonyl (C=O) groups is 1. The van der Waals surface area contributed by atoms with Crippen LogP contribution in [-0.2, 0) is 11.4 Å². The number of ether oxygens (including phenoxy) is 1. The lowest BCUT2D eigenvalue weighted by molar-refractivity contribution is -0.143. The highest BCUT2D eigenvalue weighted by molar-refractivity contribution is 5.85. The van der Waals surface area contributed by atoms with Crippen LogP contribution in [-0.4, -0.2) is 35.6 Å². The lowest BCUT2D eigenvalue weighted by Crippen LogP contribution is -2.38. The standard InChI is InChI=1S/C22H23NO3/c24-22(25)16-7-5-12-23(14-16)13-11-19-18-8-2-1-6-17(18)15-26-21-10-4-3-9-20(19)21/h1-4,6,8-11,16H,5,7,12-15H2,(H,24,25)/b19-11+. The Kier molecular flexibility index (Phi) is 4.76. The third kappa shape index (κ3) is 3.37. The van der Waals surface area contributed by atoms with Crippen molar-refractivity contribution in [3.05, 3.63) is 71.3 Å². The maximum atomic E-state index is 11.3. The van der Waals surface area contributed by atoms with Gasteiger partial charge in [-0.3, -0.25) is 9.69 Å². The van der Waals surface area contributed by atoms with Gasteiger partial charge in [-0.1, -0.05) is 48.5 Å². The maximum Gasteiger partial charge on any atom is 0.307 e. The van der Waals surface area contributed by atoms with Gasteiger partial charge >= 0.3 is 5.97 Å². The van der Waals surface area contributed by atoms with E-state index in [2.05, 4.69) is 35.2 Å². The van der Waals surface area contributed by atoms with Crippen LogP contribution in [0, 0.1) is 5.92 Å². The molecule has 0 radical (unpaired) electrons. The molecule has 0 bridgehead atoms. The van der Waals surface area contributed by atoms with Crippen molar-refractivity contribution in [3.63, 3.8) is 0 Å². The van der Waals surface area contributed by atoms with Crippen LogP contribution in [0.3, 0.4) is 0 Å². The molecule has 4 nitrogen and oxygen atoms in total. The maximum absolute atomic E-state index is 11.3. The van der Waals surface area contributed by atoms with Crippen molar-refractivity contribution in [2.24, 2.45) is 5.92 Å². The van der Waals surface area contributed by atoms with Crippen molar-refractivity contribution in [2.45, 2.75) is 19.4 Å². The number of carboxylic acid groups (broad SMARTS) is 1. The summed E-state index contributed by atoms with van der Waals surface area (Å²) in [5.74, 6) is -0.0305. The fraction of sp³-hybridized carbons (Fsp3) is 0.318. The average molecular weight is 349 g/mol. The van der Waals surface area contributed by atoms with Gasteiger partial charge in [0.25, 0.3) is 0 Å². The number of fused-ring (bicyclic) bond motifs is 2. The first kappa shape index (κ1) is 16.9. The van der Waals surface area contributed by atoms with E-state index >= 15 is 0 Å². The highest BCUT2D eigenvalue weighted by atomic mass is 16.5. The van der Waals surface area contributed by atoms with E-state index in [1.807, 2.05) is 24.3 Å². The Morgan fingerprint density at radius 3 is 2.77 bits per heavy atom. The lowest BCUT2D eigenvalue weighted by Gasteiger charge is -2.29. The van der Waals surface area contributed by atoms with Crippen LogP contribution in [0.5, 0.6) is 5.75 Å². The smallest absolute Gasteiger partial charge is 0.307 e. The number of piperidine rings is 1. The molecule has 0 spiro atoms. The van der Waals surface area contributed by atoms with Crippen molar-refractivity contribution in [3.8, 4) is 5.75 Å². The zero-order valence-electron chi connectivity index (χ0n) is 14.7. The molecule has 1 atom stereocenters. The van der Waals surface area contributed by atoms with E-state index in [0.29, 0.717) is 13.2 Å². The second-order valence-electron chi connectivity index (χ2n) is 7.00. The van der Waals surface area contributed by atoms with Gasteiger partial charge in [0.05, 0.1) is 5.92 Å². The van der Waals surface area contributed by atoms with E-state index in [-0.39, 0.29) is 5.92 Å². The van der Waals surface area contributed by atoms with E-state index in [9.17, 15) is 9.90 Å². The van der Waals surface area contributed by atoms with Crippen LogP contribution in [0.4, 0.5) is 0 Å². The van der Waals surface area contributed by atoms with E-state index in [1.165, 1.54) is 16.7 Å². The van der Waals surface area contributed by atoms with Crippen LogP contribution in [0.1, 0.15) is 29.5 Å². The molecule has 26 heavy (non-hydrogen) atoms. The fourth-order valence-corrected chi connectivity index (χ4v) is 3.89. The highest BCUT2D eigenvalue weighted by Gasteiger charge is 2.25. The van der Waals surface area contributed by atoms with E-state index in [4.69, 9.17) is 4.74 Å². The Labute approximate surface area is 153 Å². The second kappa shape index (κ2) is 7.34. The Morgan fingerprint density at radius 2 is 1.92 bits per heavy atom. The minimum absolute atomic E-state index is 0.251. The van der Waals surface area contributed by atoms with Crippen molar-refractivity contribution in [1.82, 2.24) is 4.90 Å². The number of aliphatic carboxylic acids is 1. The largest absolute Gasteiger partial charge is 0.488 e. The van der Waals surface area contributed by atoms with Gasteiger partial charge in [-0.05, 0) is 42.2 Å². The topological polar surface area (TPSA) is 49.8 Å². The third-order valence-corrected chi connectivity index (χ3v) is 5.28. The summed E-state index contributed by atoms with van der Waals surface area (Å²) in [7, 11) is 0. The highest BCUT2D eigenvalue weighted by Crippen LogP contribution is 2.36. The summed E-state index contributed by atoms with van der Waals surface area (Å²) in [4.78, 5) is 13.6. The molecule has 2 aliphatic rings. The minimum Gasteiger partial charge on any atom is -0.488 e. The van der Waals surface area contributed by atoms with Gasteiger partial charge < -0.3 is 9.84 Å². The summed E-state index contributed by atoms with van der Waals surface area (Å²) in [5, 5.41) is 9.31. The molecule has 2 heterocycles. The quantitative estimate of drug-likeness (QED) is 0.915. The fourth-order valence-electron chi connectivity index (χ4n) is 3.89. The lowest BCUT2D eigenvalue weighted by atomic mass is 9.93. The van der Waals surface area contributed by atoms with E-state index < -0.39 is 5.97 Å². The average Bonchev–Trinajstić information content (AvgIpc) is 2.83. The number of benzene rings is 2. The van der Waals surface area contributed by atoms with Gasteiger partial charge in [-0.25, -0.2) is 0 Å². The number of nitrogens with zero attached hydrogens (tertiary/aromatic N) is 1. The predicted molar refractivity (Wildman–Crippen MR) is 101 cm³/mol. The first-order valence-electron chi connectivity index (χ1n) is 9.18. The minimum atomic E-state index is -0.680. The summed E-state index contributed by atoms with van der Waals surface area (Å²) in [6, 6.07) is 16.5. The first-order valence-corrected chi connectivity index (χ1v) is 9.18. The van der Waals surface area contributed by atoms with Crippen LogP contribution >= 0.6 is 0 Å². The number of likely N-dealkylation sites (tertiary alicyclic amines) is 1. The van der Waals surface area contributed by atoms with E-state index in [1.54, 1.807) is 0 Å². The number of hydrogen-bond acceptors (Lipinski definition) is 3. The van der Waals surface area contributed by atoms with Gasteiger partial charge in [0.1, 0.15) is 12.4 Å². The Hall–Kier alpha value is -2.59. The predicted octanol–water partition coefficient (Wildman–Crippen LogP) is 3.81. The molecule has 2 aromatic carbocycles.